The van der Waals surface area contributed by atoms with Gasteiger partial charge in [-0.2, -0.15) is 11.3 Å². The van der Waals surface area contributed by atoms with E-state index in [4.69, 9.17) is 9.72 Å². The van der Waals surface area contributed by atoms with E-state index >= 15 is 0 Å². The molecule has 0 spiro atoms. The molecule has 0 aliphatic carbocycles. The van der Waals surface area contributed by atoms with Crippen molar-refractivity contribution in [3.8, 4) is 11.1 Å². The van der Waals surface area contributed by atoms with Crippen LogP contribution in [0, 0.1) is 0 Å². The Morgan fingerprint density at radius 1 is 1.23 bits per heavy atom. The van der Waals surface area contributed by atoms with Crippen molar-refractivity contribution in [3.05, 3.63) is 51.6 Å². The minimum absolute atomic E-state index is 0.0522. The van der Waals surface area contributed by atoms with Gasteiger partial charge in [-0.1, -0.05) is 0 Å². The summed E-state index contributed by atoms with van der Waals surface area (Å²) in [5.41, 5.74) is 2.73. The van der Waals surface area contributed by atoms with Crippen molar-refractivity contribution in [3.63, 3.8) is 0 Å². The third-order valence-electron chi connectivity index (χ3n) is 3.84. The Bertz CT molecular complexity index is 851. The summed E-state index contributed by atoms with van der Waals surface area (Å²) >= 11 is 1.64. The van der Waals surface area contributed by atoms with Crippen LogP contribution < -0.4 is 10.5 Å². The molecule has 3 aromatic rings. The van der Waals surface area contributed by atoms with Gasteiger partial charge in [-0.05, 0) is 34.5 Å². The Kier molecular flexibility index (Phi) is 3.40. The number of rotatable bonds is 2. The second kappa shape index (κ2) is 5.55. The molecule has 22 heavy (non-hydrogen) atoms. The van der Waals surface area contributed by atoms with Crippen molar-refractivity contribution < 1.29 is 4.74 Å². The van der Waals surface area contributed by atoms with Crippen molar-refractivity contribution in [2.45, 2.75) is 0 Å². The van der Waals surface area contributed by atoms with Crippen LogP contribution in [0.4, 0.5) is 5.82 Å². The number of aromatic nitrogens is 2. The lowest BCUT2D eigenvalue weighted by Gasteiger charge is -2.27. The van der Waals surface area contributed by atoms with Gasteiger partial charge in [0, 0.05) is 30.9 Å². The van der Waals surface area contributed by atoms with Crippen LogP contribution in [0.3, 0.4) is 0 Å². The molecule has 6 heteroatoms. The lowest BCUT2D eigenvalue weighted by atomic mass is 10.1. The van der Waals surface area contributed by atoms with Crippen molar-refractivity contribution >= 4 is 22.8 Å². The van der Waals surface area contributed by atoms with E-state index in [0.29, 0.717) is 18.9 Å². The number of nitrogens with zero attached hydrogens (tertiary/aromatic N) is 3. The standard InChI is InChI=1S/C16H15N3O2S/c20-15-10-14(18-5-7-21-8-6-18)17-16-13(2-1-4-19(15)16)12-3-9-22-11-12/h1-4,9-11H,5-8H2. The van der Waals surface area contributed by atoms with Crippen molar-refractivity contribution in [1.29, 1.82) is 0 Å². The van der Waals surface area contributed by atoms with Gasteiger partial charge in [0.25, 0.3) is 5.56 Å². The fourth-order valence-corrected chi connectivity index (χ4v) is 3.37. The van der Waals surface area contributed by atoms with Crippen LogP contribution in [-0.2, 0) is 4.74 Å². The maximum absolute atomic E-state index is 12.4. The Morgan fingerprint density at radius 2 is 2.09 bits per heavy atom. The van der Waals surface area contributed by atoms with Gasteiger partial charge in [-0.25, -0.2) is 4.98 Å². The molecule has 0 N–H and O–H groups in total. The molecule has 0 saturated carbocycles. The highest BCUT2D eigenvalue weighted by atomic mass is 32.1. The average molecular weight is 313 g/mol. The number of hydrogen-bond donors (Lipinski definition) is 0. The molecule has 3 aromatic heterocycles. The van der Waals surface area contributed by atoms with Crippen LogP contribution in [0.2, 0.25) is 0 Å². The molecule has 4 rings (SSSR count). The zero-order chi connectivity index (χ0) is 14.9. The molecule has 0 aromatic carbocycles. The molecule has 5 nitrogen and oxygen atoms in total. The number of fused-ring (bicyclic) bond motifs is 1. The second-order valence-electron chi connectivity index (χ2n) is 5.18. The second-order valence-corrected chi connectivity index (χ2v) is 5.96. The molecule has 112 valence electrons. The van der Waals surface area contributed by atoms with Crippen LogP contribution in [-0.4, -0.2) is 35.7 Å². The Morgan fingerprint density at radius 3 is 2.86 bits per heavy atom. The summed E-state index contributed by atoms with van der Waals surface area (Å²) in [4.78, 5) is 19.3. The van der Waals surface area contributed by atoms with E-state index in [2.05, 4.69) is 10.3 Å². The van der Waals surface area contributed by atoms with Gasteiger partial charge in [-0.3, -0.25) is 9.20 Å². The summed E-state index contributed by atoms with van der Waals surface area (Å²) in [7, 11) is 0. The van der Waals surface area contributed by atoms with E-state index in [-0.39, 0.29) is 5.56 Å². The SMILES string of the molecule is O=c1cc(N2CCOCC2)nc2c(-c3ccsc3)cccn12. The third-order valence-corrected chi connectivity index (χ3v) is 4.53. The predicted octanol–water partition coefficient (Wildman–Crippen LogP) is 2.26. The molecular weight excluding hydrogens is 298 g/mol. The normalized spacial score (nSPS) is 15.4. The predicted molar refractivity (Wildman–Crippen MR) is 87.8 cm³/mol. The van der Waals surface area contributed by atoms with E-state index in [1.807, 2.05) is 23.6 Å². The molecule has 0 unspecified atom stereocenters. The van der Waals surface area contributed by atoms with Crippen LogP contribution in [0.1, 0.15) is 0 Å². The molecule has 1 fully saturated rings. The van der Waals surface area contributed by atoms with Crippen molar-refractivity contribution in [1.82, 2.24) is 9.38 Å². The van der Waals surface area contributed by atoms with Gasteiger partial charge in [0.2, 0.25) is 0 Å². The van der Waals surface area contributed by atoms with Crippen molar-refractivity contribution in [2.75, 3.05) is 31.2 Å². The first kappa shape index (κ1) is 13.5. The molecule has 0 radical (unpaired) electrons. The molecule has 1 aliphatic rings. The first-order valence-corrected chi connectivity index (χ1v) is 8.15. The monoisotopic (exact) mass is 313 g/mol. The Hall–Kier alpha value is -2.18. The lowest BCUT2D eigenvalue weighted by molar-refractivity contribution is 0.122. The van der Waals surface area contributed by atoms with Crippen LogP contribution >= 0.6 is 11.3 Å². The summed E-state index contributed by atoms with van der Waals surface area (Å²) in [5, 5.41) is 4.10. The van der Waals surface area contributed by atoms with E-state index < -0.39 is 0 Å². The number of pyridine rings is 1. The van der Waals surface area contributed by atoms with E-state index in [1.165, 1.54) is 0 Å². The van der Waals surface area contributed by atoms with Gasteiger partial charge in [0.15, 0.2) is 0 Å². The van der Waals surface area contributed by atoms with Crippen molar-refractivity contribution in [2.24, 2.45) is 0 Å². The minimum atomic E-state index is -0.0522. The van der Waals surface area contributed by atoms with E-state index in [0.717, 1.165) is 30.0 Å². The molecular formula is C16H15N3O2S. The van der Waals surface area contributed by atoms with Crippen LogP contribution in [0.15, 0.2) is 46.0 Å². The first-order valence-electron chi connectivity index (χ1n) is 7.20. The third kappa shape index (κ3) is 2.30. The Balaban J connectivity index is 1.91. The summed E-state index contributed by atoms with van der Waals surface area (Å²) in [6.45, 7) is 2.88. The smallest absolute Gasteiger partial charge is 0.259 e. The molecule has 0 bridgehead atoms. The number of anilines is 1. The highest BCUT2D eigenvalue weighted by Crippen LogP contribution is 2.26. The molecule has 1 saturated heterocycles. The van der Waals surface area contributed by atoms with E-state index in [9.17, 15) is 4.79 Å². The summed E-state index contributed by atoms with van der Waals surface area (Å²) < 4.78 is 6.98. The zero-order valence-corrected chi connectivity index (χ0v) is 12.8. The fourth-order valence-electron chi connectivity index (χ4n) is 2.71. The summed E-state index contributed by atoms with van der Waals surface area (Å²) in [5.74, 6) is 0.732. The topological polar surface area (TPSA) is 46.8 Å². The summed E-state index contributed by atoms with van der Waals surface area (Å²) in [6.07, 6.45) is 1.77. The van der Waals surface area contributed by atoms with E-state index in [1.54, 1.807) is 28.0 Å². The van der Waals surface area contributed by atoms with Gasteiger partial charge >= 0.3 is 0 Å². The number of morpholine rings is 1. The zero-order valence-electron chi connectivity index (χ0n) is 11.9. The minimum Gasteiger partial charge on any atom is -0.378 e. The molecule has 0 amide bonds. The van der Waals surface area contributed by atoms with Crippen LogP contribution in [0.25, 0.3) is 16.8 Å². The van der Waals surface area contributed by atoms with Gasteiger partial charge in [-0.15, -0.1) is 0 Å². The molecule has 4 heterocycles. The maximum Gasteiger partial charge on any atom is 0.259 e. The average Bonchev–Trinajstić information content (AvgIpc) is 3.09. The molecule has 0 atom stereocenters. The highest BCUT2D eigenvalue weighted by molar-refractivity contribution is 7.08. The van der Waals surface area contributed by atoms with Crippen LogP contribution in [0.5, 0.6) is 0 Å². The summed E-state index contributed by atoms with van der Waals surface area (Å²) in [6, 6.07) is 7.55. The number of thiophene rings is 1. The molecule has 1 aliphatic heterocycles. The van der Waals surface area contributed by atoms with Gasteiger partial charge < -0.3 is 9.64 Å². The first-order chi connectivity index (χ1) is 10.8. The fraction of sp³-hybridized carbons (Fsp3) is 0.250. The highest BCUT2D eigenvalue weighted by Gasteiger charge is 2.15. The van der Waals surface area contributed by atoms with Gasteiger partial charge in [0.1, 0.15) is 11.5 Å². The largest absolute Gasteiger partial charge is 0.378 e. The number of ether oxygens (including phenoxy) is 1. The lowest BCUT2D eigenvalue weighted by Crippen LogP contribution is -2.37. The Labute approximate surface area is 131 Å². The van der Waals surface area contributed by atoms with Gasteiger partial charge in [0.05, 0.1) is 13.2 Å². The quantitative estimate of drug-likeness (QED) is 0.728. The maximum atomic E-state index is 12.4. The number of hydrogen-bond acceptors (Lipinski definition) is 5.